The molecule has 2 aliphatic heterocycles. The molecule has 6 rings (SSSR count). The Kier molecular flexibility index (Phi) is 7.91. The molecule has 3 fully saturated rings. The van der Waals surface area contributed by atoms with Gasteiger partial charge in [-0.2, -0.15) is 8.78 Å². The zero-order valence-corrected chi connectivity index (χ0v) is 24.6. The molecular weight excluding hydrogens is 577 g/mol. The highest BCUT2D eigenvalue weighted by Crippen LogP contribution is 2.48. The van der Waals surface area contributed by atoms with E-state index in [0.29, 0.717) is 43.4 Å². The van der Waals surface area contributed by atoms with Crippen molar-refractivity contribution in [1.82, 2.24) is 15.2 Å². The summed E-state index contributed by atoms with van der Waals surface area (Å²) in [5, 5.41) is 14.5. The van der Waals surface area contributed by atoms with Crippen molar-refractivity contribution in [2.24, 2.45) is 11.3 Å². The van der Waals surface area contributed by atoms with Gasteiger partial charge >= 0.3 is 12.6 Å². The quantitative estimate of drug-likeness (QED) is 0.337. The van der Waals surface area contributed by atoms with E-state index >= 15 is 4.39 Å². The molecule has 3 amide bonds. The van der Waals surface area contributed by atoms with Gasteiger partial charge in [0.1, 0.15) is 5.82 Å². The molecule has 0 spiro atoms. The fourth-order valence-electron chi connectivity index (χ4n) is 6.20. The second kappa shape index (κ2) is 11.6. The molecule has 44 heavy (non-hydrogen) atoms. The first-order chi connectivity index (χ1) is 20.9. The zero-order valence-electron chi connectivity index (χ0n) is 24.6. The van der Waals surface area contributed by atoms with Crippen molar-refractivity contribution in [3.63, 3.8) is 0 Å². The number of ether oxygens (including phenoxy) is 2. The Bertz CT molecular complexity index is 1600. The lowest BCUT2D eigenvalue weighted by Crippen LogP contribution is -2.55. The number of hydrogen-bond donors (Lipinski definition) is 2. The van der Waals surface area contributed by atoms with E-state index in [2.05, 4.69) is 19.9 Å². The Labute approximate surface area is 252 Å². The van der Waals surface area contributed by atoms with Crippen LogP contribution in [0, 0.1) is 17.2 Å². The summed E-state index contributed by atoms with van der Waals surface area (Å²) in [6.45, 7) is 2.76. The van der Waals surface area contributed by atoms with Crippen LogP contribution >= 0.6 is 0 Å². The smallest absolute Gasteiger partial charge is 0.387 e. The first-order valence-electron chi connectivity index (χ1n) is 14.8. The van der Waals surface area contributed by atoms with Crippen molar-refractivity contribution >= 4 is 28.5 Å². The molecule has 1 aliphatic carbocycles. The van der Waals surface area contributed by atoms with Gasteiger partial charge in [-0.05, 0) is 55.0 Å². The minimum absolute atomic E-state index is 0.00317. The lowest BCUT2D eigenvalue weighted by molar-refractivity contribution is -0.128. The Morgan fingerprint density at radius 3 is 2.61 bits per heavy atom. The van der Waals surface area contributed by atoms with Gasteiger partial charge < -0.3 is 14.6 Å². The van der Waals surface area contributed by atoms with E-state index in [1.807, 2.05) is 13.8 Å². The van der Waals surface area contributed by atoms with Crippen LogP contribution in [-0.2, 0) is 16.9 Å². The van der Waals surface area contributed by atoms with Crippen LogP contribution in [0.4, 0.5) is 23.7 Å². The largest absolute Gasteiger partial charge is 0.489 e. The summed E-state index contributed by atoms with van der Waals surface area (Å²) in [5.74, 6) is -0.267. The Morgan fingerprint density at radius 2 is 1.91 bits per heavy atom. The topological polar surface area (TPSA) is 104 Å². The number of fused-ring (bicyclic) bond motifs is 1. The highest BCUT2D eigenvalue weighted by atomic mass is 19.3. The summed E-state index contributed by atoms with van der Waals surface area (Å²) in [4.78, 5) is 31.7. The maximum absolute atomic E-state index is 16.2. The van der Waals surface area contributed by atoms with Crippen molar-refractivity contribution in [3.05, 3.63) is 59.5 Å². The molecule has 3 aliphatic rings. The number of piperidine rings is 1. The predicted molar refractivity (Wildman–Crippen MR) is 156 cm³/mol. The van der Waals surface area contributed by atoms with Crippen LogP contribution in [0.5, 0.6) is 11.5 Å². The molecule has 2 N–H and O–H groups in total. The van der Waals surface area contributed by atoms with Crippen molar-refractivity contribution in [2.75, 3.05) is 31.1 Å². The van der Waals surface area contributed by atoms with Crippen molar-refractivity contribution in [1.29, 1.82) is 0 Å². The number of anilines is 1. The van der Waals surface area contributed by atoms with Crippen LogP contribution in [0.3, 0.4) is 0 Å². The summed E-state index contributed by atoms with van der Waals surface area (Å²) in [7, 11) is 0. The van der Waals surface area contributed by atoms with Crippen LogP contribution in [-0.4, -0.2) is 59.8 Å². The van der Waals surface area contributed by atoms with Crippen LogP contribution in [0.25, 0.3) is 10.9 Å². The predicted octanol–water partition coefficient (Wildman–Crippen LogP) is 5.33. The molecule has 0 bridgehead atoms. The second-order valence-corrected chi connectivity index (χ2v) is 12.6. The number of nitrogens with one attached hydrogen (secondary N) is 1. The fraction of sp³-hybridized carbons (Fsp3) is 0.469. The molecular formula is C32H35F3N4O5. The molecule has 0 unspecified atom stereocenters. The van der Waals surface area contributed by atoms with Gasteiger partial charge in [0.25, 0.3) is 0 Å². The van der Waals surface area contributed by atoms with Crippen LogP contribution < -0.4 is 19.7 Å². The summed E-state index contributed by atoms with van der Waals surface area (Å²) in [5.41, 5.74) is -0.581. The molecule has 1 atom stereocenters. The lowest BCUT2D eigenvalue weighted by Gasteiger charge is -2.50. The molecule has 234 valence electrons. The van der Waals surface area contributed by atoms with Crippen molar-refractivity contribution in [3.8, 4) is 11.5 Å². The maximum Gasteiger partial charge on any atom is 0.387 e. The molecule has 2 saturated heterocycles. The normalized spacial score (nSPS) is 22.4. The molecule has 3 heterocycles. The molecule has 1 aromatic heterocycles. The third-order valence-corrected chi connectivity index (χ3v) is 8.93. The van der Waals surface area contributed by atoms with Gasteiger partial charge in [0.2, 0.25) is 5.91 Å². The number of hydrogen-bond acceptors (Lipinski definition) is 7. The number of amides is 3. The number of imide groups is 1. The van der Waals surface area contributed by atoms with Crippen LogP contribution in [0.1, 0.15) is 50.7 Å². The Balaban J connectivity index is 1.22. The van der Waals surface area contributed by atoms with Gasteiger partial charge in [0.05, 0.1) is 29.6 Å². The van der Waals surface area contributed by atoms with Gasteiger partial charge in [-0.1, -0.05) is 26.0 Å². The number of pyridine rings is 1. The SMILES string of the molecule is CC1(C)CN(Cc2ccc(OC(F)F)c(OCC3CC3)c2)CC[C@@]1(O)c1ccc2ncc(N3CCC(=O)NC3=O)cc2c1F. The molecule has 9 nitrogen and oxygen atoms in total. The van der Waals surface area contributed by atoms with Gasteiger partial charge in [-0.3, -0.25) is 24.9 Å². The average molecular weight is 613 g/mol. The van der Waals surface area contributed by atoms with Crippen molar-refractivity contribution < 1.29 is 37.3 Å². The number of nitrogens with zero attached hydrogens (tertiary/aromatic N) is 3. The number of halogens is 3. The number of carbonyl (C=O) groups is 2. The average Bonchev–Trinajstić information content (AvgIpc) is 3.79. The first-order valence-corrected chi connectivity index (χ1v) is 14.8. The summed E-state index contributed by atoms with van der Waals surface area (Å²) >= 11 is 0. The minimum atomic E-state index is -2.96. The number of carbonyl (C=O) groups excluding carboxylic acids is 2. The first kappa shape index (κ1) is 30.1. The monoisotopic (exact) mass is 612 g/mol. The van der Waals surface area contributed by atoms with Crippen LogP contribution in [0.2, 0.25) is 0 Å². The fourth-order valence-corrected chi connectivity index (χ4v) is 6.20. The summed E-state index contributed by atoms with van der Waals surface area (Å²) in [6, 6.07) is 9.09. The molecule has 12 heteroatoms. The third kappa shape index (κ3) is 5.92. The number of likely N-dealkylation sites (tertiary alicyclic amines) is 1. The standard InChI is InChI=1S/C32H35F3N4O5/c1-31(2)18-38(16-20-5-8-25(44-29(34)35)26(13-20)43-17-19-3-4-19)12-10-32(31,42)23-6-7-24-22(28(23)33)14-21(15-36-24)39-11-9-27(40)37-30(39)41/h5-8,13-15,19,29,42H,3-4,9-12,16-18H2,1-2H3,(H,37,40,41)/t32-/m1/s1. The molecule has 0 radical (unpaired) electrons. The Hall–Kier alpha value is -3.90. The lowest BCUT2D eigenvalue weighted by atomic mass is 9.66. The number of aromatic nitrogens is 1. The maximum atomic E-state index is 16.2. The van der Waals surface area contributed by atoms with E-state index in [-0.39, 0.29) is 47.7 Å². The summed E-state index contributed by atoms with van der Waals surface area (Å²) < 4.78 is 52.6. The van der Waals surface area contributed by atoms with Gasteiger partial charge in [-0.15, -0.1) is 0 Å². The minimum Gasteiger partial charge on any atom is -0.489 e. The van der Waals surface area contributed by atoms with Crippen molar-refractivity contribution in [2.45, 2.75) is 58.3 Å². The van der Waals surface area contributed by atoms with Gasteiger partial charge in [0, 0.05) is 49.0 Å². The number of rotatable bonds is 9. The Morgan fingerprint density at radius 1 is 1.11 bits per heavy atom. The number of benzene rings is 2. The zero-order chi connectivity index (χ0) is 31.2. The number of aliphatic hydroxyl groups is 1. The van der Waals surface area contributed by atoms with E-state index in [1.54, 1.807) is 24.3 Å². The van der Waals surface area contributed by atoms with E-state index in [0.717, 1.165) is 18.4 Å². The number of alkyl halides is 2. The van der Waals surface area contributed by atoms with E-state index in [9.17, 15) is 23.5 Å². The molecule has 2 aromatic carbocycles. The van der Waals surface area contributed by atoms with E-state index in [1.165, 1.54) is 23.2 Å². The number of urea groups is 1. The molecule has 1 saturated carbocycles. The molecule has 3 aromatic rings. The highest BCUT2D eigenvalue weighted by molar-refractivity contribution is 6.06. The van der Waals surface area contributed by atoms with Crippen LogP contribution in [0.15, 0.2) is 42.6 Å². The third-order valence-electron chi connectivity index (χ3n) is 8.93. The van der Waals surface area contributed by atoms with Gasteiger partial charge in [-0.25, -0.2) is 9.18 Å². The van der Waals surface area contributed by atoms with E-state index < -0.39 is 29.5 Å². The van der Waals surface area contributed by atoms with Gasteiger partial charge in [0.15, 0.2) is 11.5 Å². The van der Waals surface area contributed by atoms with E-state index in [4.69, 9.17) is 4.74 Å². The second-order valence-electron chi connectivity index (χ2n) is 12.6. The highest BCUT2D eigenvalue weighted by Gasteiger charge is 2.50. The summed E-state index contributed by atoms with van der Waals surface area (Å²) in [6.07, 6.45) is 3.94.